The van der Waals surface area contributed by atoms with Crippen LogP contribution in [0.4, 0.5) is 10.5 Å². The quantitative estimate of drug-likeness (QED) is 0.294. The van der Waals surface area contributed by atoms with E-state index < -0.39 is 4.92 Å². The van der Waals surface area contributed by atoms with Gasteiger partial charge in [0.05, 0.1) is 30.3 Å². The van der Waals surface area contributed by atoms with Crippen LogP contribution in [-0.2, 0) is 17.8 Å². The summed E-state index contributed by atoms with van der Waals surface area (Å²) in [7, 11) is 0. The van der Waals surface area contributed by atoms with Crippen LogP contribution in [0.15, 0.2) is 53.7 Å². The number of non-ortho nitro benzene ring substituents is 1. The number of nitrogens with zero attached hydrogens (tertiary/aromatic N) is 4. The second-order valence-corrected chi connectivity index (χ2v) is 7.37. The van der Waals surface area contributed by atoms with Crippen LogP contribution < -0.4 is 10.6 Å². The number of nitro groups is 1. The number of piperidine rings is 1. The minimum absolute atomic E-state index is 0.0534. The van der Waals surface area contributed by atoms with Crippen molar-refractivity contribution < 1.29 is 14.5 Å². The van der Waals surface area contributed by atoms with Gasteiger partial charge in [-0.15, -0.1) is 0 Å². The number of carbonyl (C=O) groups excluding carboxylic acids is 1. The first-order chi connectivity index (χ1) is 15.5. The zero-order chi connectivity index (χ0) is 22.8. The minimum Gasteiger partial charge on any atom is -0.450 e. The zero-order valence-corrected chi connectivity index (χ0v) is 18.1. The van der Waals surface area contributed by atoms with Gasteiger partial charge in [0.1, 0.15) is 0 Å². The molecule has 1 aromatic heterocycles. The largest absolute Gasteiger partial charge is 0.450 e. The fourth-order valence-corrected chi connectivity index (χ4v) is 3.34. The number of hydrogen-bond acceptors (Lipinski definition) is 6. The third-order valence-electron chi connectivity index (χ3n) is 5.09. The van der Waals surface area contributed by atoms with Gasteiger partial charge >= 0.3 is 6.09 Å². The molecule has 0 spiro atoms. The fraction of sp³-hybridized carbons (Fsp3) is 0.409. The Morgan fingerprint density at radius 3 is 2.62 bits per heavy atom. The summed E-state index contributed by atoms with van der Waals surface area (Å²) < 4.78 is 5.08. The third-order valence-corrected chi connectivity index (χ3v) is 5.09. The molecule has 2 heterocycles. The van der Waals surface area contributed by atoms with Crippen molar-refractivity contribution in [3.8, 4) is 0 Å². The van der Waals surface area contributed by atoms with Gasteiger partial charge < -0.3 is 20.3 Å². The van der Waals surface area contributed by atoms with E-state index >= 15 is 0 Å². The van der Waals surface area contributed by atoms with Crippen molar-refractivity contribution in [1.29, 1.82) is 0 Å². The third kappa shape index (κ3) is 6.93. The molecule has 0 saturated carbocycles. The molecule has 2 aromatic rings. The number of nitrogens with one attached hydrogen (secondary N) is 2. The summed E-state index contributed by atoms with van der Waals surface area (Å²) in [5, 5.41) is 17.6. The Balaban J connectivity index is 1.62. The highest BCUT2D eigenvalue weighted by Gasteiger charge is 2.24. The highest BCUT2D eigenvalue weighted by atomic mass is 16.6. The SMILES string of the molecule is CCOC(=O)N1CCC(NC(=NCc2ccc([N+](=O)[O-])cc2)NCc2ccccn2)CC1. The number of carbonyl (C=O) groups is 1. The number of pyridine rings is 1. The molecule has 1 aliphatic heterocycles. The lowest BCUT2D eigenvalue weighted by Crippen LogP contribution is -2.49. The summed E-state index contributed by atoms with van der Waals surface area (Å²) >= 11 is 0. The highest BCUT2D eigenvalue weighted by Crippen LogP contribution is 2.14. The zero-order valence-electron chi connectivity index (χ0n) is 18.1. The Morgan fingerprint density at radius 2 is 2.00 bits per heavy atom. The van der Waals surface area contributed by atoms with E-state index in [2.05, 4.69) is 20.6 Å². The topological polar surface area (TPSA) is 122 Å². The van der Waals surface area contributed by atoms with Crippen LogP contribution in [0.25, 0.3) is 0 Å². The van der Waals surface area contributed by atoms with Crippen molar-refractivity contribution in [2.45, 2.75) is 38.9 Å². The van der Waals surface area contributed by atoms with Crippen molar-refractivity contribution >= 4 is 17.7 Å². The Morgan fingerprint density at radius 1 is 1.25 bits per heavy atom. The van der Waals surface area contributed by atoms with E-state index in [1.165, 1.54) is 12.1 Å². The van der Waals surface area contributed by atoms with Crippen LogP contribution in [0.5, 0.6) is 0 Å². The maximum atomic E-state index is 11.9. The average Bonchev–Trinajstić information content (AvgIpc) is 2.82. The maximum Gasteiger partial charge on any atom is 0.409 e. The van der Waals surface area contributed by atoms with E-state index in [0.29, 0.717) is 38.7 Å². The van der Waals surface area contributed by atoms with Gasteiger partial charge in [0.15, 0.2) is 5.96 Å². The Kier molecular flexibility index (Phi) is 8.36. The molecule has 0 aliphatic carbocycles. The van der Waals surface area contributed by atoms with Gasteiger partial charge in [0, 0.05) is 37.5 Å². The molecule has 1 aromatic carbocycles. The smallest absolute Gasteiger partial charge is 0.409 e. The average molecular weight is 441 g/mol. The highest BCUT2D eigenvalue weighted by molar-refractivity contribution is 5.80. The monoisotopic (exact) mass is 440 g/mol. The van der Waals surface area contributed by atoms with Crippen LogP contribution >= 0.6 is 0 Å². The second kappa shape index (κ2) is 11.6. The number of hydrogen-bond donors (Lipinski definition) is 2. The van der Waals surface area contributed by atoms with Crippen LogP contribution in [0.2, 0.25) is 0 Å². The van der Waals surface area contributed by atoms with Crippen LogP contribution in [0.1, 0.15) is 31.0 Å². The molecule has 3 rings (SSSR count). The number of amides is 1. The molecule has 1 aliphatic rings. The van der Waals surface area contributed by atoms with Crippen molar-refractivity contribution in [3.05, 3.63) is 70.0 Å². The predicted molar refractivity (Wildman–Crippen MR) is 120 cm³/mol. The van der Waals surface area contributed by atoms with E-state index in [9.17, 15) is 14.9 Å². The molecule has 0 bridgehead atoms. The minimum atomic E-state index is -0.420. The second-order valence-electron chi connectivity index (χ2n) is 7.37. The van der Waals surface area contributed by atoms with Crippen molar-refractivity contribution in [3.63, 3.8) is 0 Å². The molecule has 32 heavy (non-hydrogen) atoms. The Labute approximate surface area is 186 Å². The maximum absolute atomic E-state index is 11.9. The summed E-state index contributed by atoms with van der Waals surface area (Å²) in [4.78, 5) is 33.0. The molecule has 0 unspecified atom stereocenters. The lowest BCUT2D eigenvalue weighted by molar-refractivity contribution is -0.384. The van der Waals surface area contributed by atoms with Crippen molar-refractivity contribution in [2.75, 3.05) is 19.7 Å². The number of rotatable bonds is 7. The fourth-order valence-electron chi connectivity index (χ4n) is 3.34. The van der Waals surface area contributed by atoms with Gasteiger partial charge in [-0.25, -0.2) is 9.79 Å². The van der Waals surface area contributed by atoms with Crippen LogP contribution in [-0.4, -0.2) is 52.6 Å². The van der Waals surface area contributed by atoms with Gasteiger partial charge in [0.25, 0.3) is 5.69 Å². The molecular formula is C22H28N6O4. The summed E-state index contributed by atoms with van der Waals surface area (Å²) in [5.74, 6) is 0.628. The number of aliphatic imine (C=N–C) groups is 1. The number of nitro benzene ring substituents is 1. The molecule has 170 valence electrons. The van der Waals surface area contributed by atoms with Gasteiger partial charge in [-0.3, -0.25) is 15.1 Å². The number of likely N-dealkylation sites (tertiary alicyclic amines) is 1. The molecule has 0 radical (unpaired) electrons. The first kappa shape index (κ1) is 23.0. The Hall–Kier alpha value is -3.69. The van der Waals surface area contributed by atoms with E-state index in [0.717, 1.165) is 24.1 Å². The lowest BCUT2D eigenvalue weighted by Gasteiger charge is -2.32. The predicted octanol–water partition coefficient (Wildman–Crippen LogP) is 2.85. The first-order valence-corrected chi connectivity index (χ1v) is 10.6. The van der Waals surface area contributed by atoms with E-state index in [1.807, 2.05) is 18.2 Å². The molecule has 10 nitrogen and oxygen atoms in total. The van der Waals surface area contributed by atoms with Gasteiger partial charge in [-0.1, -0.05) is 18.2 Å². The molecule has 0 atom stereocenters. The standard InChI is InChI=1S/C22H28N6O4/c1-2-32-22(29)27-13-10-18(11-14-27)26-21(25-16-19-5-3-4-12-23-19)24-15-17-6-8-20(9-7-17)28(30)31/h3-9,12,18H,2,10-11,13-16H2,1H3,(H2,24,25,26). The summed E-state index contributed by atoms with van der Waals surface area (Å²) in [5.41, 5.74) is 1.80. The van der Waals surface area contributed by atoms with Gasteiger partial charge in [-0.05, 0) is 37.5 Å². The molecule has 1 fully saturated rings. The molecule has 10 heteroatoms. The summed E-state index contributed by atoms with van der Waals surface area (Å²) in [6, 6.07) is 12.2. The van der Waals surface area contributed by atoms with Gasteiger partial charge in [-0.2, -0.15) is 0 Å². The van der Waals surface area contributed by atoms with E-state index in [4.69, 9.17) is 4.74 Å². The van der Waals surface area contributed by atoms with Gasteiger partial charge in [0.2, 0.25) is 0 Å². The van der Waals surface area contributed by atoms with E-state index in [-0.39, 0.29) is 17.8 Å². The summed E-state index contributed by atoms with van der Waals surface area (Å²) in [6.07, 6.45) is 3.02. The van der Waals surface area contributed by atoms with E-state index in [1.54, 1.807) is 30.2 Å². The number of benzene rings is 1. The number of guanidine groups is 1. The molecule has 2 N–H and O–H groups in total. The van der Waals surface area contributed by atoms with Crippen molar-refractivity contribution in [2.24, 2.45) is 4.99 Å². The number of ether oxygens (including phenoxy) is 1. The van der Waals surface area contributed by atoms with Crippen LogP contribution in [0, 0.1) is 10.1 Å². The normalized spacial score (nSPS) is 14.7. The molecule has 1 amide bonds. The lowest BCUT2D eigenvalue weighted by atomic mass is 10.1. The first-order valence-electron chi connectivity index (χ1n) is 10.6. The molecule has 1 saturated heterocycles. The number of aromatic nitrogens is 1. The Bertz CT molecular complexity index is 912. The van der Waals surface area contributed by atoms with Crippen LogP contribution in [0.3, 0.4) is 0 Å². The van der Waals surface area contributed by atoms with Crippen molar-refractivity contribution in [1.82, 2.24) is 20.5 Å². The summed E-state index contributed by atoms with van der Waals surface area (Å²) in [6.45, 7) is 4.28. The molecular weight excluding hydrogens is 412 g/mol.